The Labute approximate surface area is 196 Å². The van der Waals surface area contributed by atoms with E-state index in [2.05, 4.69) is 10.3 Å². The zero-order valence-corrected chi connectivity index (χ0v) is 18.6. The molecule has 34 heavy (non-hydrogen) atoms. The van der Waals surface area contributed by atoms with E-state index >= 15 is 0 Å². The van der Waals surface area contributed by atoms with Crippen molar-refractivity contribution in [1.29, 1.82) is 0 Å². The number of ether oxygens (including phenoxy) is 3. The Morgan fingerprint density at radius 3 is 2.53 bits per heavy atom. The van der Waals surface area contributed by atoms with Crippen molar-refractivity contribution >= 4 is 22.5 Å². The van der Waals surface area contributed by atoms with Crippen LogP contribution in [0.3, 0.4) is 0 Å². The third kappa shape index (κ3) is 3.86. The Hall–Kier alpha value is -3.91. The maximum Gasteiger partial charge on any atom is 0.276 e. The third-order valence-corrected chi connectivity index (χ3v) is 6.16. The summed E-state index contributed by atoms with van der Waals surface area (Å²) < 4.78 is 19.3. The molecule has 1 N–H and O–H groups in total. The fourth-order valence-electron chi connectivity index (χ4n) is 4.47. The maximum atomic E-state index is 13.3. The van der Waals surface area contributed by atoms with E-state index in [0.29, 0.717) is 31.2 Å². The van der Waals surface area contributed by atoms with Crippen molar-refractivity contribution in [1.82, 2.24) is 14.8 Å². The standard InChI is InChI=1S/C26H24N4O4/c31-26(28-19-8-10-27-11-9-19)25-20-15-17(18-5-7-22-23(16-18)33-14-13-32-22)4-6-21(20)30(29-25)24-3-1-2-12-34-24/h4-11,15-16,24H,1-3,12-14H2,(H,27,28,31). The van der Waals surface area contributed by atoms with Crippen LogP contribution in [0.1, 0.15) is 36.0 Å². The van der Waals surface area contributed by atoms with E-state index in [0.717, 1.165) is 52.8 Å². The molecule has 0 bridgehead atoms. The number of aromatic nitrogens is 3. The molecular formula is C26H24N4O4. The molecule has 6 rings (SSSR count). The topological polar surface area (TPSA) is 87.5 Å². The molecule has 2 aromatic heterocycles. The van der Waals surface area contributed by atoms with Crippen LogP contribution in [0.2, 0.25) is 0 Å². The molecule has 1 amide bonds. The Morgan fingerprint density at radius 2 is 1.71 bits per heavy atom. The first-order valence-corrected chi connectivity index (χ1v) is 11.5. The Kier molecular flexibility index (Phi) is 5.35. The Morgan fingerprint density at radius 1 is 0.912 bits per heavy atom. The van der Waals surface area contributed by atoms with Gasteiger partial charge in [-0.05, 0) is 66.8 Å². The number of carbonyl (C=O) groups is 1. The first-order valence-electron chi connectivity index (χ1n) is 11.5. The average Bonchev–Trinajstić information content (AvgIpc) is 3.29. The highest BCUT2D eigenvalue weighted by molar-refractivity contribution is 6.11. The second-order valence-corrected chi connectivity index (χ2v) is 8.39. The van der Waals surface area contributed by atoms with Gasteiger partial charge >= 0.3 is 0 Å². The lowest BCUT2D eigenvalue weighted by atomic mass is 10.0. The summed E-state index contributed by atoms with van der Waals surface area (Å²) in [6.07, 6.45) is 6.08. The van der Waals surface area contributed by atoms with E-state index in [1.807, 2.05) is 41.1 Å². The van der Waals surface area contributed by atoms with E-state index in [-0.39, 0.29) is 12.1 Å². The van der Waals surface area contributed by atoms with Crippen molar-refractivity contribution < 1.29 is 19.0 Å². The van der Waals surface area contributed by atoms with Crippen molar-refractivity contribution in [2.75, 3.05) is 25.1 Å². The number of benzene rings is 2. The molecule has 0 spiro atoms. The van der Waals surface area contributed by atoms with E-state index in [4.69, 9.17) is 19.3 Å². The van der Waals surface area contributed by atoms with E-state index < -0.39 is 0 Å². The van der Waals surface area contributed by atoms with Crippen molar-refractivity contribution in [3.05, 3.63) is 66.6 Å². The van der Waals surface area contributed by atoms with Crippen LogP contribution in [-0.2, 0) is 4.74 Å². The predicted molar refractivity (Wildman–Crippen MR) is 127 cm³/mol. The molecule has 0 aliphatic carbocycles. The Balaban J connectivity index is 1.43. The molecule has 4 heterocycles. The van der Waals surface area contributed by atoms with Gasteiger partial charge in [0.2, 0.25) is 0 Å². The molecule has 8 heteroatoms. The largest absolute Gasteiger partial charge is 0.486 e. The molecule has 8 nitrogen and oxygen atoms in total. The zero-order chi connectivity index (χ0) is 22.9. The number of amides is 1. The first kappa shape index (κ1) is 20.7. The average molecular weight is 457 g/mol. The number of pyridine rings is 1. The Bertz CT molecular complexity index is 1350. The first-order chi connectivity index (χ1) is 16.8. The minimum absolute atomic E-state index is 0.182. The number of hydrogen-bond acceptors (Lipinski definition) is 6. The molecule has 1 atom stereocenters. The highest BCUT2D eigenvalue weighted by Gasteiger charge is 2.24. The molecule has 1 saturated heterocycles. The van der Waals surface area contributed by atoms with Crippen LogP contribution in [0.15, 0.2) is 60.9 Å². The fraction of sp³-hybridized carbons (Fsp3) is 0.269. The quantitative estimate of drug-likeness (QED) is 0.474. The number of anilines is 1. The van der Waals surface area contributed by atoms with Crippen molar-refractivity contribution in [2.45, 2.75) is 25.5 Å². The van der Waals surface area contributed by atoms with E-state index in [9.17, 15) is 4.79 Å². The summed E-state index contributed by atoms with van der Waals surface area (Å²) in [5, 5.41) is 8.44. The van der Waals surface area contributed by atoms with Crippen LogP contribution in [0.25, 0.3) is 22.0 Å². The second-order valence-electron chi connectivity index (χ2n) is 8.39. The van der Waals surface area contributed by atoms with Crippen LogP contribution < -0.4 is 14.8 Å². The number of hydrogen-bond donors (Lipinski definition) is 1. The van der Waals surface area contributed by atoms with Gasteiger partial charge in [0, 0.05) is 30.1 Å². The van der Waals surface area contributed by atoms with Gasteiger partial charge in [-0.1, -0.05) is 12.1 Å². The summed E-state index contributed by atoms with van der Waals surface area (Å²) in [6.45, 7) is 1.78. The highest BCUT2D eigenvalue weighted by atomic mass is 16.6. The van der Waals surface area contributed by atoms with Crippen LogP contribution in [-0.4, -0.2) is 40.5 Å². The SMILES string of the molecule is O=C(Nc1ccncc1)c1nn(C2CCCCO2)c2ccc(-c3ccc4c(c3)OCCO4)cc12. The maximum absolute atomic E-state index is 13.3. The van der Waals surface area contributed by atoms with Gasteiger partial charge in [0.1, 0.15) is 13.2 Å². The van der Waals surface area contributed by atoms with Gasteiger partial charge in [-0.15, -0.1) is 0 Å². The van der Waals surface area contributed by atoms with Crippen LogP contribution >= 0.6 is 0 Å². The lowest BCUT2D eigenvalue weighted by Crippen LogP contribution is -2.20. The monoisotopic (exact) mass is 456 g/mol. The summed E-state index contributed by atoms with van der Waals surface area (Å²) in [4.78, 5) is 17.3. The fourth-order valence-corrected chi connectivity index (χ4v) is 4.47. The number of nitrogens with one attached hydrogen (secondary N) is 1. The number of fused-ring (bicyclic) bond motifs is 2. The molecule has 4 aromatic rings. The summed E-state index contributed by atoms with van der Waals surface area (Å²) in [5.41, 5.74) is 3.84. The summed E-state index contributed by atoms with van der Waals surface area (Å²) in [5.74, 6) is 1.20. The predicted octanol–water partition coefficient (Wildman–Crippen LogP) is 4.82. The van der Waals surface area contributed by atoms with Crippen LogP contribution in [0.4, 0.5) is 5.69 Å². The molecule has 2 aliphatic rings. The lowest BCUT2D eigenvalue weighted by Gasteiger charge is -2.23. The minimum atomic E-state index is -0.273. The van der Waals surface area contributed by atoms with Crippen molar-refractivity contribution in [3.8, 4) is 22.6 Å². The number of nitrogens with zero attached hydrogens (tertiary/aromatic N) is 3. The highest BCUT2D eigenvalue weighted by Crippen LogP contribution is 2.36. The molecule has 2 aliphatic heterocycles. The van der Waals surface area contributed by atoms with E-state index in [1.165, 1.54) is 0 Å². The second kappa shape index (κ2) is 8.79. The van der Waals surface area contributed by atoms with Gasteiger partial charge in [0.25, 0.3) is 5.91 Å². The van der Waals surface area contributed by atoms with Gasteiger partial charge in [-0.2, -0.15) is 5.10 Å². The molecule has 0 radical (unpaired) electrons. The lowest BCUT2D eigenvalue weighted by molar-refractivity contribution is -0.0367. The summed E-state index contributed by atoms with van der Waals surface area (Å²) in [6, 6.07) is 15.5. The van der Waals surface area contributed by atoms with Crippen molar-refractivity contribution in [2.24, 2.45) is 0 Å². The summed E-state index contributed by atoms with van der Waals surface area (Å²) >= 11 is 0. The number of carbonyl (C=O) groups excluding carboxylic acids is 1. The van der Waals surface area contributed by atoms with Gasteiger partial charge < -0.3 is 19.5 Å². The van der Waals surface area contributed by atoms with E-state index in [1.54, 1.807) is 24.5 Å². The van der Waals surface area contributed by atoms with Gasteiger partial charge in [-0.3, -0.25) is 9.78 Å². The minimum Gasteiger partial charge on any atom is -0.486 e. The van der Waals surface area contributed by atoms with Gasteiger partial charge in [0.15, 0.2) is 23.4 Å². The molecule has 1 unspecified atom stereocenters. The van der Waals surface area contributed by atoms with Gasteiger partial charge in [0.05, 0.1) is 5.52 Å². The smallest absolute Gasteiger partial charge is 0.276 e. The summed E-state index contributed by atoms with van der Waals surface area (Å²) in [7, 11) is 0. The zero-order valence-electron chi connectivity index (χ0n) is 18.6. The third-order valence-electron chi connectivity index (χ3n) is 6.16. The normalized spacial score (nSPS) is 17.5. The van der Waals surface area contributed by atoms with Gasteiger partial charge in [-0.25, -0.2) is 4.68 Å². The van der Waals surface area contributed by atoms with Crippen molar-refractivity contribution in [3.63, 3.8) is 0 Å². The molecule has 2 aromatic carbocycles. The van der Waals surface area contributed by atoms with Crippen LogP contribution in [0.5, 0.6) is 11.5 Å². The molecule has 172 valence electrons. The number of rotatable bonds is 4. The molecule has 0 saturated carbocycles. The molecular weight excluding hydrogens is 432 g/mol. The molecule has 1 fully saturated rings. The van der Waals surface area contributed by atoms with Crippen LogP contribution in [0, 0.1) is 0 Å².